The van der Waals surface area contributed by atoms with Crippen LogP contribution in [0.1, 0.15) is 34.1 Å². The van der Waals surface area contributed by atoms with Gasteiger partial charge in [-0.15, -0.1) is 0 Å². The molecule has 2 rings (SSSR count). The van der Waals surface area contributed by atoms with E-state index in [1.54, 1.807) is 6.08 Å². The molecule has 0 unspecified atom stereocenters. The Kier molecular flexibility index (Phi) is 6.76. The fraction of sp³-hybridized carbons (Fsp3) is 0.364. The quantitative estimate of drug-likeness (QED) is 0.604. The van der Waals surface area contributed by atoms with E-state index in [0.717, 1.165) is 6.42 Å². The van der Waals surface area contributed by atoms with Crippen molar-refractivity contribution >= 4 is 18.7 Å². The molecule has 2 aromatic rings. The van der Waals surface area contributed by atoms with Gasteiger partial charge in [-0.1, -0.05) is 93.6 Å². The second kappa shape index (κ2) is 8.61. The molecule has 0 radical (unpaired) electrons. The molecular weight excluding hydrogens is 324 g/mol. The van der Waals surface area contributed by atoms with Crippen LogP contribution >= 0.6 is 0 Å². The average molecular weight is 355 g/mol. The van der Waals surface area contributed by atoms with Crippen molar-refractivity contribution < 1.29 is 9.53 Å². The first kappa shape index (κ1) is 19.6. The molecule has 0 bridgehead atoms. The van der Waals surface area contributed by atoms with Crippen molar-refractivity contribution in [3.63, 3.8) is 0 Å². The predicted molar refractivity (Wildman–Crippen MR) is 109 cm³/mol. The smallest absolute Gasteiger partial charge is 0.261 e. The van der Waals surface area contributed by atoms with Gasteiger partial charge < -0.3 is 9.53 Å². The molecule has 0 spiro atoms. The molecule has 0 heterocycles. The molecule has 134 valence electrons. The highest BCUT2D eigenvalue weighted by molar-refractivity contribution is 6.99. The van der Waals surface area contributed by atoms with Crippen LogP contribution in [0, 0.1) is 0 Å². The standard InChI is InChI=1S/C22H30O2Si/c1-19(13-11-12-18-23)24-25(22(2,3)4,20-14-7-5-8-15-20)21-16-9-6-10-17-21/h5-12,14-17,19,23H,13,18H2,1-4H3/t19-/m0/s1. The third-order valence-corrected chi connectivity index (χ3v) is 9.70. The minimum atomic E-state index is -2.47. The van der Waals surface area contributed by atoms with Gasteiger partial charge in [-0.25, -0.2) is 0 Å². The van der Waals surface area contributed by atoms with Crippen LogP contribution in [0.15, 0.2) is 72.8 Å². The molecular formula is C22H30O2Si. The molecule has 2 aromatic carbocycles. The summed E-state index contributed by atoms with van der Waals surface area (Å²) >= 11 is 0. The minimum Gasteiger partial charge on any atom is -0.404 e. The second-order valence-corrected chi connectivity index (χ2v) is 11.7. The van der Waals surface area contributed by atoms with E-state index < -0.39 is 8.32 Å². The lowest BCUT2D eigenvalue weighted by Crippen LogP contribution is -2.67. The van der Waals surface area contributed by atoms with Crippen LogP contribution in [0.25, 0.3) is 0 Å². The van der Waals surface area contributed by atoms with Gasteiger partial charge in [0.2, 0.25) is 0 Å². The van der Waals surface area contributed by atoms with Crippen LogP contribution in [-0.4, -0.2) is 26.1 Å². The molecule has 3 heteroatoms. The second-order valence-electron chi connectivity index (χ2n) is 7.48. The zero-order chi connectivity index (χ0) is 18.3. The van der Waals surface area contributed by atoms with Crippen molar-refractivity contribution in [1.82, 2.24) is 0 Å². The average Bonchev–Trinajstić information content (AvgIpc) is 2.60. The Labute approximate surface area is 153 Å². The van der Waals surface area contributed by atoms with E-state index in [9.17, 15) is 0 Å². The van der Waals surface area contributed by atoms with Crippen molar-refractivity contribution in [2.45, 2.75) is 45.3 Å². The third-order valence-electron chi connectivity index (χ3n) is 4.53. The summed E-state index contributed by atoms with van der Waals surface area (Å²) in [4.78, 5) is 0. The lowest BCUT2D eigenvalue weighted by Gasteiger charge is -2.44. The van der Waals surface area contributed by atoms with Crippen molar-refractivity contribution in [3.05, 3.63) is 72.8 Å². The Morgan fingerprint density at radius 3 is 1.80 bits per heavy atom. The number of hydrogen-bond donors (Lipinski definition) is 1. The van der Waals surface area contributed by atoms with Crippen LogP contribution in [0.4, 0.5) is 0 Å². The maximum atomic E-state index is 8.98. The largest absolute Gasteiger partial charge is 0.404 e. The van der Waals surface area contributed by atoms with E-state index in [-0.39, 0.29) is 17.7 Å². The number of aliphatic hydroxyl groups is 1. The van der Waals surface area contributed by atoms with Gasteiger partial charge in [0.05, 0.1) is 6.61 Å². The zero-order valence-corrected chi connectivity index (χ0v) is 16.8. The molecule has 0 fully saturated rings. The topological polar surface area (TPSA) is 29.5 Å². The molecule has 0 amide bonds. The molecule has 1 N–H and O–H groups in total. The molecule has 0 saturated carbocycles. The van der Waals surface area contributed by atoms with Crippen molar-refractivity contribution in [1.29, 1.82) is 0 Å². The Bertz CT molecular complexity index is 620. The number of aliphatic hydroxyl groups excluding tert-OH is 1. The van der Waals surface area contributed by atoms with Gasteiger partial charge in [0.1, 0.15) is 0 Å². The van der Waals surface area contributed by atoms with E-state index in [2.05, 4.69) is 88.4 Å². The van der Waals surface area contributed by atoms with Gasteiger partial charge in [0.25, 0.3) is 8.32 Å². The van der Waals surface area contributed by atoms with Crippen LogP contribution in [-0.2, 0) is 4.43 Å². The lowest BCUT2D eigenvalue weighted by molar-refractivity contribution is 0.209. The molecule has 25 heavy (non-hydrogen) atoms. The van der Waals surface area contributed by atoms with Crippen molar-refractivity contribution in [3.8, 4) is 0 Å². The Morgan fingerprint density at radius 1 is 0.920 bits per heavy atom. The molecule has 2 nitrogen and oxygen atoms in total. The highest BCUT2D eigenvalue weighted by Crippen LogP contribution is 2.37. The van der Waals surface area contributed by atoms with Crippen LogP contribution < -0.4 is 10.4 Å². The minimum absolute atomic E-state index is 0.00927. The first-order chi connectivity index (χ1) is 11.9. The molecule has 1 atom stereocenters. The van der Waals surface area contributed by atoms with E-state index in [4.69, 9.17) is 9.53 Å². The summed E-state index contributed by atoms with van der Waals surface area (Å²) in [7, 11) is -2.47. The van der Waals surface area contributed by atoms with E-state index in [1.807, 2.05) is 6.08 Å². The van der Waals surface area contributed by atoms with Gasteiger partial charge >= 0.3 is 0 Å². The van der Waals surface area contributed by atoms with Gasteiger partial charge in [-0.05, 0) is 28.8 Å². The lowest BCUT2D eigenvalue weighted by atomic mass is 10.2. The summed E-state index contributed by atoms with van der Waals surface area (Å²) in [5.41, 5.74) is 0. The molecule has 0 aliphatic heterocycles. The van der Waals surface area contributed by atoms with E-state index in [1.165, 1.54) is 10.4 Å². The predicted octanol–water partition coefficient (Wildman–Crippen LogP) is 3.89. The van der Waals surface area contributed by atoms with E-state index in [0.29, 0.717) is 0 Å². The summed E-state index contributed by atoms with van der Waals surface area (Å²) in [5.74, 6) is 0. The maximum Gasteiger partial charge on any atom is 0.261 e. The number of rotatable bonds is 7. The third kappa shape index (κ3) is 4.49. The molecule has 0 aromatic heterocycles. The monoisotopic (exact) mass is 354 g/mol. The molecule has 0 aliphatic carbocycles. The SMILES string of the molecule is C[C@@H](CC=CCO)O[Si](c1ccccc1)(c1ccccc1)C(C)(C)C. The summed E-state index contributed by atoms with van der Waals surface area (Å²) in [6, 6.07) is 21.4. The van der Waals surface area contributed by atoms with Crippen molar-refractivity contribution in [2.75, 3.05) is 6.61 Å². The highest BCUT2D eigenvalue weighted by Gasteiger charge is 2.50. The highest BCUT2D eigenvalue weighted by atomic mass is 28.4. The summed E-state index contributed by atoms with van der Waals surface area (Å²) in [6.45, 7) is 9.06. The zero-order valence-electron chi connectivity index (χ0n) is 15.8. The molecule has 0 saturated heterocycles. The summed E-state index contributed by atoms with van der Waals surface area (Å²) in [5, 5.41) is 11.6. The maximum absolute atomic E-state index is 8.98. The van der Waals surface area contributed by atoms with Crippen molar-refractivity contribution in [2.24, 2.45) is 0 Å². The number of benzene rings is 2. The van der Waals surface area contributed by atoms with Crippen LogP contribution in [0.5, 0.6) is 0 Å². The normalized spacial score (nSPS) is 14.0. The summed E-state index contributed by atoms with van der Waals surface area (Å²) in [6.07, 6.45) is 4.66. The Hall–Kier alpha value is -1.68. The van der Waals surface area contributed by atoms with Gasteiger partial charge in [-0.3, -0.25) is 0 Å². The Morgan fingerprint density at radius 2 is 1.40 bits per heavy atom. The van der Waals surface area contributed by atoms with E-state index >= 15 is 0 Å². The fourth-order valence-corrected chi connectivity index (χ4v) is 8.12. The van der Waals surface area contributed by atoms with Crippen LogP contribution in [0.3, 0.4) is 0 Å². The first-order valence-electron chi connectivity index (χ1n) is 8.96. The molecule has 0 aliphatic rings. The van der Waals surface area contributed by atoms with Gasteiger partial charge in [0, 0.05) is 6.10 Å². The van der Waals surface area contributed by atoms with Gasteiger partial charge in [0.15, 0.2) is 0 Å². The van der Waals surface area contributed by atoms with Gasteiger partial charge in [-0.2, -0.15) is 0 Å². The first-order valence-corrected chi connectivity index (χ1v) is 10.9. The van der Waals surface area contributed by atoms with Crippen LogP contribution in [0.2, 0.25) is 5.04 Å². The summed E-state index contributed by atoms with van der Waals surface area (Å²) < 4.78 is 6.93. The number of hydrogen-bond acceptors (Lipinski definition) is 2. The fourth-order valence-electron chi connectivity index (χ4n) is 3.40. The Balaban J connectivity index is 2.55.